The van der Waals surface area contributed by atoms with Gasteiger partial charge >= 0.3 is 0 Å². The lowest BCUT2D eigenvalue weighted by molar-refractivity contribution is 0.0692. The number of hydrogen-bond donors (Lipinski definition) is 2. The van der Waals surface area contributed by atoms with Crippen molar-refractivity contribution in [2.24, 2.45) is 11.1 Å². The van der Waals surface area contributed by atoms with Crippen LogP contribution in [0.15, 0.2) is 41.1 Å². The minimum atomic E-state index is -0.509. The monoisotopic (exact) mass is 405 g/mol. The van der Waals surface area contributed by atoms with Gasteiger partial charge in [-0.15, -0.1) is 12.4 Å². The summed E-state index contributed by atoms with van der Waals surface area (Å²) in [6, 6.07) is 9.10. The first-order valence-electron chi connectivity index (χ1n) is 9.02. The van der Waals surface area contributed by atoms with Crippen LogP contribution in [0.3, 0.4) is 0 Å². The Hall–Kier alpha value is -1.89. The van der Waals surface area contributed by atoms with Crippen LogP contribution in [-0.4, -0.2) is 35.8 Å². The summed E-state index contributed by atoms with van der Waals surface area (Å²) >= 11 is 1.65. The maximum Gasteiger partial charge on any atom is 0.254 e. The highest BCUT2D eigenvalue weighted by Gasteiger charge is 2.57. The third-order valence-electron chi connectivity index (χ3n) is 5.71. The molecule has 2 fully saturated rings. The molecule has 5 nitrogen and oxygen atoms in total. The molecule has 144 valence electrons. The fourth-order valence-electron chi connectivity index (χ4n) is 4.10. The van der Waals surface area contributed by atoms with Crippen LogP contribution in [0.25, 0.3) is 0 Å². The average molecular weight is 406 g/mol. The Balaban J connectivity index is 0.00000210. The zero-order valence-corrected chi connectivity index (χ0v) is 16.7. The number of hydrogen-bond acceptors (Lipinski definition) is 4. The van der Waals surface area contributed by atoms with Crippen molar-refractivity contribution in [1.29, 1.82) is 0 Å². The van der Waals surface area contributed by atoms with Gasteiger partial charge < -0.3 is 16.0 Å². The largest absolute Gasteiger partial charge is 0.366 e. The molecule has 2 heterocycles. The number of carbonyl (C=O) groups is 2. The van der Waals surface area contributed by atoms with Crippen LogP contribution < -0.4 is 11.1 Å². The third-order valence-corrected chi connectivity index (χ3v) is 6.44. The van der Waals surface area contributed by atoms with Gasteiger partial charge in [-0.3, -0.25) is 9.59 Å². The summed E-state index contributed by atoms with van der Waals surface area (Å²) < 4.78 is 0. The molecule has 7 heteroatoms. The van der Waals surface area contributed by atoms with Crippen LogP contribution in [0.2, 0.25) is 0 Å². The van der Waals surface area contributed by atoms with E-state index in [0.29, 0.717) is 17.7 Å². The van der Waals surface area contributed by atoms with Gasteiger partial charge in [0.05, 0.1) is 0 Å². The van der Waals surface area contributed by atoms with Gasteiger partial charge in [0.25, 0.3) is 5.91 Å². The van der Waals surface area contributed by atoms with Crippen molar-refractivity contribution < 1.29 is 9.59 Å². The lowest BCUT2D eigenvalue weighted by atomic mass is 9.93. The fraction of sp³-hybridized carbons (Fsp3) is 0.400. The summed E-state index contributed by atoms with van der Waals surface area (Å²) in [6.45, 7) is 2.66. The van der Waals surface area contributed by atoms with Gasteiger partial charge in [-0.25, -0.2) is 0 Å². The third kappa shape index (κ3) is 4.03. The highest BCUT2D eigenvalue weighted by molar-refractivity contribution is 7.07. The maximum atomic E-state index is 13.3. The standard InChI is InChI=1S/C20H23N3O2S.ClH/c21-18(24)15-2-1-3-16(10-15)19(25)23(12-14-4-9-26-13-14)17-11-20(17)5-7-22-8-6-20;/h1-4,9-10,13,17,22H,5-8,11-12H2,(H2,21,24);1H. The first-order chi connectivity index (χ1) is 12.6. The van der Waals surface area contributed by atoms with E-state index in [9.17, 15) is 9.59 Å². The first kappa shape index (κ1) is 19.9. The van der Waals surface area contributed by atoms with E-state index in [2.05, 4.69) is 16.8 Å². The summed E-state index contributed by atoms with van der Waals surface area (Å²) in [4.78, 5) is 26.8. The molecule has 1 aromatic heterocycles. The molecule has 1 unspecified atom stereocenters. The number of thiophene rings is 1. The molecule has 27 heavy (non-hydrogen) atoms. The van der Waals surface area contributed by atoms with Gasteiger partial charge in [-0.2, -0.15) is 11.3 Å². The second-order valence-corrected chi connectivity index (χ2v) is 8.12. The quantitative estimate of drug-likeness (QED) is 0.802. The van der Waals surface area contributed by atoms with Gasteiger partial charge in [0.2, 0.25) is 5.91 Å². The number of rotatable bonds is 5. The van der Waals surface area contributed by atoms with Gasteiger partial charge in [0.1, 0.15) is 0 Å². The number of benzene rings is 1. The smallest absolute Gasteiger partial charge is 0.254 e. The van der Waals surface area contributed by atoms with Crippen molar-refractivity contribution in [2.75, 3.05) is 13.1 Å². The second kappa shape index (κ2) is 8.00. The summed E-state index contributed by atoms with van der Waals surface area (Å²) in [5.74, 6) is -0.523. The Morgan fingerprint density at radius 1 is 1.22 bits per heavy atom. The maximum absolute atomic E-state index is 13.3. The molecule has 1 saturated heterocycles. The van der Waals surface area contributed by atoms with E-state index in [1.807, 2.05) is 10.3 Å². The van der Waals surface area contributed by atoms with Crippen LogP contribution in [-0.2, 0) is 6.54 Å². The lowest BCUT2D eigenvalue weighted by Gasteiger charge is -2.29. The molecule has 1 aromatic carbocycles. The fourth-order valence-corrected chi connectivity index (χ4v) is 4.76. The van der Waals surface area contributed by atoms with Gasteiger partial charge in [-0.1, -0.05) is 6.07 Å². The van der Waals surface area contributed by atoms with Crippen molar-refractivity contribution in [3.63, 3.8) is 0 Å². The lowest BCUT2D eigenvalue weighted by Crippen LogP contribution is -2.39. The van der Waals surface area contributed by atoms with Gasteiger partial charge in [-0.05, 0) is 78.4 Å². The molecule has 3 N–H and O–H groups in total. The summed E-state index contributed by atoms with van der Waals surface area (Å²) in [6.07, 6.45) is 3.30. The van der Waals surface area contributed by atoms with Crippen molar-refractivity contribution in [1.82, 2.24) is 10.2 Å². The number of halogens is 1. The van der Waals surface area contributed by atoms with Crippen molar-refractivity contribution >= 4 is 35.6 Å². The molecule has 0 radical (unpaired) electrons. The Labute approximate surface area is 169 Å². The zero-order valence-electron chi connectivity index (χ0n) is 15.0. The van der Waals surface area contributed by atoms with Crippen LogP contribution in [0.1, 0.15) is 45.5 Å². The Morgan fingerprint density at radius 3 is 2.63 bits per heavy atom. The highest BCUT2D eigenvalue weighted by atomic mass is 35.5. The van der Waals surface area contributed by atoms with E-state index in [1.165, 1.54) is 0 Å². The van der Waals surface area contributed by atoms with E-state index in [4.69, 9.17) is 5.73 Å². The first-order valence-corrected chi connectivity index (χ1v) is 9.96. The Bertz CT molecular complexity index is 818. The van der Waals surface area contributed by atoms with Crippen LogP contribution >= 0.6 is 23.7 Å². The number of primary amides is 1. The van der Waals surface area contributed by atoms with Crippen LogP contribution in [0.4, 0.5) is 0 Å². The van der Waals surface area contributed by atoms with E-state index in [1.54, 1.807) is 35.6 Å². The SMILES string of the molecule is Cl.NC(=O)c1cccc(C(=O)N(Cc2ccsc2)C2CC23CCNCC3)c1. The van der Waals surface area contributed by atoms with E-state index >= 15 is 0 Å². The molecule has 1 saturated carbocycles. The van der Waals surface area contributed by atoms with Crippen molar-refractivity contribution in [2.45, 2.75) is 31.8 Å². The Kier molecular flexibility index (Phi) is 5.89. The summed E-state index contributed by atoms with van der Waals surface area (Å²) in [7, 11) is 0. The normalized spacial score (nSPS) is 19.9. The Morgan fingerprint density at radius 2 is 1.96 bits per heavy atom. The number of nitrogens with one attached hydrogen (secondary N) is 1. The number of nitrogens with two attached hydrogens (primary N) is 1. The molecule has 2 amide bonds. The van der Waals surface area contributed by atoms with Gasteiger partial charge in [0, 0.05) is 23.7 Å². The average Bonchev–Trinajstić information content (AvgIpc) is 3.08. The summed E-state index contributed by atoms with van der Waals surface area (Å²) in [5.41, 5.74) is 7.71. The summed E-state index contributed by atoms with van der Waals surface area (Å²) in [5, 5.41) is 7.55. The molecule has 1 atom stereocenters. The van der Waals surface area contributed by atoms with E-state index in [-0.39, 0.29) is 29.8 Å². The van der Waals surface area contributed by atoms with Gasteiger partial charge in [0.15, 0.2) is 0 Å². The number of piperidine rings is 1. The molecule has 1 aliphatic heterocycles. The molecule has 2 aromatic rings. The van der Waals surface area contributed by atoms with E-state index in [0.717, 1.165) is 37.9 Å². The predicted octanol–water partition coefficient (Wildman–Crippen LogP) is 3.05. The predicted molar refractivity (Wildman–Crippen MR) is 109 cm³/mol. The minimum absolute atomic E-state index is 0. The number of amides is 2. The molecule has 1 spiro atoms. The van der Waals surface area contributed by atoms with Crippen LogP contribution in [0.5, 0.6) is 0 Å². The molecular formula is C20H24ClN3O2S. The highest BCUT2D eigenvalue weighted by Crippen LogP contribution is 2.56. The van der Waals surface area contributed by atoms with Crippen LogP contribution in [0, 0.1) is 5.41 Å². The number of carbonyl (C=O) groups excluding carboxylic acids is 2. The molecule has 1 aliphatic carbocycles. The zero-order chi connectivity index (χ0) is 18.1. The topological polar surface area (TPSA) is 75.4 Å². The molecule has 2 aliphatic rings. The molecular weight excluding hydrogens is 382 g/mol. The molecule has 0 bridgehead atoms. The van der Waals surface area contributed by atoms with E-state index < -0.39 is 5.91 Å². The molecule has 4 rings (SSSR count). The van der Waals surface area contributed by atoms with Crippen molar-refractivity contribution in [3.05, 3.63) is 57.8 Å². The minimum Gasteiger partial charge on any atom is -0.366 e. The number of nitrogens with zero attached hydrogens (tertiary/aromatic N) is 1. The van der Waals surface area contributed by atoms with Crippen molar-refractivity contribution in [3.8, 4) is 0 Å². The second-order valence-electron chi connectivity index (χ2n) is 7.34.